The molecule has 4 aromatic rings. The predicted molar refractivity (Wildman–Crippen MR) is 104 cm³/mol. The first-order valence-corrected chi connectivity index (χ1v) is 8.38. The molecule has 0 spiro atoms. The van der Waals surface area contributed by atoms with Crippen molar-refractivity contribution < 1.29 is 4.42 Å². The molecule has 3 aromatic carbocycles. The van der Waals surface area contributed by atoms with Gasteiger partial charge in [0.2, 0.25) is 0 Å². The summed E-state index contributed by atoms with van der Waals surface area (Å²) in [6.07, 6.45) is 2.17. The first-order valence-electron chi connectivity index (χ1n) is 8.38. The number of hydrogen-bond donors (Lipinski definition) is 0. The Morgan fingerprint density at radius 3 is 1.88 bits per heavy atom. The average Bonchev–Trinajstić information content (AvgIpc) is 3.18. The molecule has 0 unspecified atom stereocenters. The number of hydrogen-bond acceptors (Lipinski definition) is 1. The second kappa shape index (κ2) is 7.06. The molecule has 0 aliphatic heterocycles. The van der Waals surface area contributed by atoms with Gasteiger partial charge in [-0.3, -0.25) is 0 Å². The summed E-state index contributed by atoms with van der Waals surface area (Å²) in [5.41, 5.74) is 4.45. The number of rotatable bonds is 4. The van der Waals surface area contributed by atoms with Crippen LogP contribution in [0, 0.1) is 0 Å². The minimum absolute atomic E-state index is 0.869. The molecule has 1 heterocycles. The van der Waals surface area contributed by atoms with E-state index in [2.05, 4.69) is 54.6 Å². The third-order valence-electron chi connectivity index (χ3n) is 4.13. The number of furan rings is 1. The summed E-state index contributed by atoms with van der Waals surface area (Å²) in [4.78, 5) is 0. The summed E-state index contributed by atoms with van der Waals surface area (Å²) < 4.78 is 6.19. The van der Waals surface area contributed by atoms with Crippen molar-refractivity contribution in [2.45, 2.75) is 0 Å². The minimum Gasteiger partial charge on any atom is -0.456 e. The van der Waals surface area contributed by atoms with Gasteiger partial charge in [0, 0.05) is 11.1 Å². The molecule has 120 valence electrons. The van der Waals surface area contributed by atoms with E-state index in [1.54, 1.807) is 0 Å². The van der Waals surface area contributed by atoms with Gasteiger partial charge in [0.15, 0.2) is 0 Å². The molecule has 0 radical (unpaired) electrons. The molecule has 0 N–H and O–H groups in total. The lowest BCUT2D eigenvalue weighted by Gasteiger charge is -2.06. The lowest BCUT2D eigenvalue weighted by Crippen LogP contribution is -1.86. The van der Waals surface area contributed by atoms with E-state index in [0.29, 0.717) is 0 Å². The van der Waals surface area contributed by atoms with Gasteiger partial charge in [0.1, 0.15) is 11.5 Å². The van der Waals surface area contributed by atoms with Crippen molar-refractivity contribution in [3.63, 3.8) is 0 Å². The van der Waals surface area contributed by atoms with E-state index in [-0.39, 0.29) is 0 Å². The predicted octanol–water partition coefficient (Wildman–Crippen LogP) is 6.54. The third-order valence-corrected chi connectivity index (χ3v) is 4.13. The maximum absolute atomic E-state index is 6.19. The summed E-state index contributed by atoms with van der Waals surface area (Å²) in [6.45, 7) is 0. The minimum atomic E-state index is 0.869. The molecule has 4 rings (SSSR count). The standard InChI is InChI=1S/C24H18O/c1-4-10-19(11-5-1)18-22(20-12-6-2-7-13-20)24-17-16-23(25-24)21-14-8-3-9-15-21/h1-18H/b22-18+. The van der Waals surface area contributed by atoms with Crippen LogP contribution in [0.25, 0.3) is 23.0 Å². The van der Waals surface area contributed by atoms with Crippen LogP contribution in [0.1, 0.15) is 16.9 Å². The zero-order chi connectivity index (χ0) is 16.9. The molecule has 0 fully saturated rings. The summed E-state index contributed by atoms with van der Waals surface area (Å²) in [5, 5.41) is 0. The Balaban J connectivity index is 1.80. The Bertz CT molecular complexity index is 964. The third kappa shape index (κ3) is 3.46. The quantitative estimate of drug-likeness (QED) is 0.389. The lowest BCUT2D eigenvalue weighted by molar-refractivity contribution is 0.569. The summed E-state index contributed by atoms with van der Waals surface area (Å²) in [6, 6.07) is 34.9. The van der Waals surface area contributed by atoms with Crippen molar-refractivity contribution in [1.82, 2.24) is 0 Å². The number of benzene rings is 3. The highest BCUT2D eigenvalue weighted by molar-refractivity contribution is 5.90. The molecule has 0 saturated carbocycles. The molecule has 0 atom stereocenters. The fourth-order valence-corrected chi connectivity index (χ4v) is 2.87. The van der Waals surface area contributed by atoms with Crippen molar-refractivity contribution in [3.05, 3.63) is 120 Å². The van der Waals surface area contributed by atoms with Crippen LogP contribution < -0.4 is 0 Å². The van der Waals surface area contributed by atoms with Crippen molar-refractivity contribution >= 4 is 11.6 Å². The Hall–Kier alpha value is -3.32. The second-order valence-corrected chi connectivity index (χ2v) is 5.86. The van der Waals surface area contributed by atoms with Gasteiger partial charge in [-0.05, 0) is 29.3 Å². The van der Waals surface area contributed by atoms with Crippen LogP contribution in [0.2, 0.25) is 0 Å². The Morgan fingerprint density at radius 2 is 1.20 bits per heavy atom. The van der Waals surface area contributed by atoms with Crippen molar-refractivity contribution in [2.75, 3.05) is 0 Å². The molecule has 25 heavy (non-hydrogen) atoms. The highest BCUT2D eigenvalue weighted by Crippen LogP contribution is 2.31. The van der Waals surface area contributed by atoms with Gasteiger partial charge < -0.3 is 4.42 Å². The molecular weight excluding hydrogens is 304 g/mol. The molecule has 0 saturated heterocycles. The maximum atomic E-state index is 6.19. The smallest absolute Gasteiger partial charge is 0.135 e. The van der Waals surface area contributed by atoms with Crippen LogP contribution in [0.5, 0.6) is 0 Å². The molecule has 1 nitrogen and oxygen atoms in total. The van der Waals surface area contributed by atoms with Crippen LogP contribution in [-0.4, -0.2) is 0 Å². The SMILES string of the molecule is C(=C(/c1ccccc1)c1ccc(-c2ccccc2)o1)/c1ccccc1. The van der Waals surface area contributed by atoms with Gasteiger partial charge in [-0.25, -0.2) is 0 Å². The highest BCUT2D eigenvalue weighted by Gasteiger charge is 2.11. The fraction of sp³-hybridized carbons (Fsp3) is 0. The van der Waals surface area contributed by atoms with Gasteiger partial charge in [-0.15, -0.1) is 0 Å². The van der Waals surface area contributed by atoms with Gasteiger partial charge >= 0.3 is 0 Å². The summed E-state index contributed by atoms with van der Waals surface area (Å²) >= 11 is 0. The molecule has 1 heteroatoms. The first-order chi connectivity index (χ1) is 12.4. The normalized spacial score (nSPS) is 11.4. The molecule has 0 aliphatic rings. The van der Waals surface area contributed by atoms with Crippen molar-refractivity contribution in [1.29, 1.82) is 0 Å². The fourth-order valence-electron chi connectivity index (χ4n) is 2.87. The maximum Gasteiger partial charge on any atom is 0.135 e. The van der Waals surface area contributed by atoms with Crippen LogP contribution in [0.15, 0.2) is 108 Å². The molecule has 0 aliphatic carbocycles. The molecular formula is C24H18O. The molecule has 1 aromatic heterocycles. The van der Waals surface area contributed by atoms with Gasteiger partial charge in [0.25, 0.3) is 0 Å². The van der Waals surface area contributed by atoms with Gasteiger partial charge in [-0.2, -0.15) is 0 Å². The van der Waals surface area contributed by atoms with E-state index < -0.39 is 0 Å². The highest BCUT2D eigenvalue weighted by atomic mass is 16.3. The monoisotopic (exact) mass is 322 g/mol. The van der Waals surface area contributed by atoms with E-state index in [9.17, 15) is 0 Å². The van der Waals surface area contributed by atoms with Crippen molar-refractivity contribution in [2.24, 2.45) is 0 Å². The Morgan fingerprint density at radius 1 is 0.600 bits per heavy atom. The lowest BCUT2D eigenvalue weighted by atomic mass is 10.0. The van der Waals surface area contributed by atoms with Crippen LogP contribution in [0.4, 0.5) is 0 Å². The molecule has 0 bridgehead atoms. The molecule has 0 amide bonds. The van der Waals surface area contributed by atoms with Crippen LogP contribution >= 0.6 is 0 Å². The van der Waals surface area contributed by atoms with Crippen LogP contribution in [-0.2, 0) is 0 Å². The van der Waals surface area contributed by atoms with Crippen LogP contribution in [0.3, 0.4) is 0 Å². The van der Waals surface area contributed by atoms with Gasteiger partial charge in [-0.1, -0.05) is 91.0 Å². The van der Waals surface area contributed by atoms with E-state index in [1.807, 2.05) is 54.6 Å². The average molecular weight is 322 g/mol. The van der Waals surface area contributed by atoms with E-state index in [0.717, 1.165) is 33.8 Å². The van der Waals surface area contributed by atoms with E-state index in [4.69, 9.17) is 4.42 Å². The second-order valence-electron chi connectivity index (χ2n) is 5.86. The first kappa shape index (κ1) is 15.2. The van der Waals surface area contributed by atoms with Crippen molar-refractivity contribution in [3.8, 4) is 11.3 Å². The topological polar surface area (TPSA) is 13.1 Å². The Kier molecular flexibility index (Phi) is 4.30. The zero-order valence-corrected chi connectivity index (χ0v) is 13.8. The van der Waals surface area contributed by atoms with E-state index >= 15 is 0 Å². The Labute approximate surface area is 147 Å². The summed E-state index contributed by atoms with van der Waals surface area (Å²) in [5.74, 6) is 1.75. The summed E-state index contributed by atoms with van der Waals surface area (Å²) in [7, 11) is 0. The van der Waals surface area contributed by atoms with E-state index in [1.165, 1.54) is 0 Å². The largest absolute Gasteiger partial charge is 0.456 e. The zero-order valence-electron chi connectivity index (χ0n) is 13.8. The van der Waals surface area contributed by atoms with Gasteiger partial charge in [0.05, 0.1) is 0 Å².